The molecule has 160 valence electrons. The van der Waals surface area contributed by atoms with Crippen molar-refractivity contribution in [1.82, 2.24) is 10.6 Å². The molecule has 0 saturated carbocycles. The molecule has 3 N–H and O–H groups in total. The summed E-state index contributed by atoms with van der Waals surface area (Å²) in [6.07, 6.45) is 1.84. The van der Waals surface area contributed by atoms with Gasteiger partial charge in [0.15, 0.2) is 15.8 Å². The number of benzene rings is 2. The number of nitrogens with one attached hydrogen (secondary N) is 2. The molecule has 0 bridgehead atoms. The molecule has 0 aliphatic carbocycles. The Hall–Kier alpha value is -1.88. The van der Waals surface area contributed by atoms with Crippen molar-refractivity contribution in [3.05, 3.63) is 65.0 Å². The van der Waals surface area contributed by atoms with Gasteiger partial charge in [-0.2, -0.15) is 0 Å². The summed E-state index contributed by atoms with van der Waals surface area (Å²) in [6.45, 7) is 3.33. The van der Waals surface area contributed by atoms with Crippen LogP contribution in [-0.2, 0) is 28.6 Å². The Bertz CT molecular complexity index is 936. The molecule has 0 aliphatic heterocycles. The third kappa shape index (κ3) is 9.44. The summed E-state index contributed by atoms with van der Waals surface area (Å²) in [7, 11) is -3.23. The average molecular weight is 535 g/mol. The SMILES string of the molecule is CCNC(=NCc1cc(F)ccc1CS(C)(=O)=O)NCCc1cccc(O)c1.I. The minimum Gasteiger partial charge on any atom is -0.508 e. The zero-order valence-corrected chi connectivity index (χ0v) is 19.6. The zero-order valence-electron chi connectivity index (χ0n) is 16.5. The van der Waals surface area contributed by atoms with Crippen LogP contribution in [-0.4, -0.2) is 38.8 Å². The molecule has 0 aromatic heterocycles. The lowest BCUT2D eigenvalue weighted by atomic mass is 10.1. The van der Waals surface area contributed by atoms with Crippen molar-refractivity contribution in [1.29, 1.82) is 0 Å². The molecule has 0 saturated heterocycles. The van der Waals surface area contributed by atoms with Crippen molar-refractivity contribution in [3.8, 4) is 5.75 Å². The fourth-order valence-electron chi connectivity index (χ4n) is 2.71. The molecule has 2 aromatic carbocycles. The highest BCUT2D eigenvalue weighted by Crippen LogP contribution is 2.15. The maximum atomic E-state index is 13.6. The van der Waals surface area contributed by atoms with Gasteiger partial charge in [-0.15, -0.1) is 24.0 Å². The van der Waals surface area contributed by atoms with Crippen LogP contribution in [0.3, 0.4) is 0 Å². The van der Waals surface area contributed by atoms with Gasteiger partial charge in [-0.3, -0.25) is 0 Å². The number of nitrogens with zero attached hydrogens (tertiary/aromatic N) is 1. The Morgan fingerprint density at radius 3 is 2.55 bits per heavy atom. The van der Waals surface area contributed by atoms with Crippen LogP contribution in [0.15, 0.2) is 47.5 Å². The molecule has 0 aliphatic rings. The Morgan fingerprint density at radius 1 is 1.14 bits per heavy atom. The first kappa shape index (κ1) is 25.2. The minimum atomic E-state index is -3.23. The number of halogens is 2. The molecule has 9 heteroatoms. The molecule has 0 fully saturated rings. The van der Waals surface area contributed by atoms with Crippen LogP contribution in [0, 0.1) is 5.82 Å². The first-order valence-electron chi connectivity index (χ1n) is 9.02. The van der Waals surface area contributed by atoms with Gasteiger partial charge >= 0.3 is 0 Å². The molecule has 29 heavy (non-hydrogen) atoms. The first-order valence-corrected chi connectivity index (χ1v) is 11.1. The van der Waals surface area contributed by atoms with E-state index >= 15 is 0 Å². The van der Waals surface area contributed by atoms with Crippen molar-refractivity contribution in [2.45, 2.75) is 25.6 Å². The highest BCUT2D eigenvalue weighted by Gasteiger charge is 2.11. The number of phenols is 1. The predicted molar refractivity (Wildman–Crippen MR) is 125 cm³/mol. The van der Waals surface area contributed by atoms with Crippen LogP contribution >= 0.6 is 24.0 Å². The van der Waals surface area contributed by atoms with Gasteiger partial charge in [0.1, 0.15) is 11.6 Å². The number of phenolic OH excluding ortho intramolecular Hbond substituents is 1. The highest BCUT2D eigenvalue weighted by molar-refractivity contribution is 14.0. The molecule has 0 heterocycles. The quantitative estimate of drug-likeness (QED) is 0.275. The van der Waals surface area contributed by atoms with Crippen molar-refractivity contribution in [2.24, 2.45) is 4.99 Å². The number of aromatic hydroxyl groups is 1. The summed E-state index contributed by atoms with van der Waals surface area (Å²) in [5, 5.41) is 15.8. The number of hydrogen-bond acceptors (Lipinski definition) is 4. The third-order valence-electron chi connectivity index (χ3n) is 3.95. The maximum absolute atomic E-state index is 13.6. The Kier molecular flexibility index (Phi) is 10.4. The van der Waals surface area contributed by atoms with E-state index in [-0.39, 0.29) is 42.0 Å². The summed E-state index contributed by atoms with van der Waals surface area (Å²) in [5.74, 6) is 0.198. The Morgan fingerprint density at radius 2 is 1.90 bits per heavy atom. The normalized spacial score (nSPS) is 11.6. The summed E-state index contributed by atoms with van der Waals surface area (Å²) >= 11 is 0. The first-order chi connectivity index (χ1) is 13.3. The molecule has 2 rings (SSSR count). The number of sulfone groups is 1. The number of rotatable bonds is 8. The van der Waals surface area contributed by atoms with E-state index in [2.05, 4.69) is 15.6 Å². The summed E-state index contributed by atoms with van der Waals surface area (Å²) < 4.78 is 36.8. The topological polar surface area (TPSA) is 90.8 Å². The standard InChI is InChI=1S/C20H26FN3O3S.HI/c1-3-22-20(23-10-9-15-5-4-6-19(25)11-15)24-13-17-12-18(21)8-7-16(17)14-28(2,26)27;/h4-8,11-12,25H,3,9-10,13-14H2,1-2H3,(H2,22,23,24);1H. The molecule has 2 aromatic rings. The van der Waals surface area contributed by atoms with Gasteiger partial charge in [0.05, 0.1) is 12.3 Å². The van der Waals surface area contributed by atoms with E-state index in [4.69, 9.17) is 0 Å². The largest absolute Gasteiger partial charge is 0.508 e. The lowest BCUT2D eigenvalue weighted by Crippen LogP contribution is -2.38. The number of hydrogen-bond donors (Lipinski definition) is 3. The predicted octanol–water partition coefficient (Wildman–Crippen LogP) is 2.99. The second kappa shape index (κ2) is 12.0. The van der Waals surface area contributed by atoms with Crippen LogP contribution in [0.1, 0.15) is 23.6 Å². The Labute approximate surface area is 188 Å². The maximum Gasteiger partial charge on any atom is 0.191 e. The van der Waals surface area contributed by atoms with E-state index < -0.39 is 15.7 Å². The average Bonchev–Trinajstić information content (AvgIpc) is 2.60. The van der Waals surface area contributed by atoms with Crippen LogP contribution in [0.4, 0.5) is 4.39 Å². The van der Waals surface area contributed by atoms with E-state index in [1.165, 1.54) is 18.2 Å². The number of guanidine groups is 1. The smallest absolute Gasteiger partial charge is 0.191 e. The Balaban J connectivity index is 0.00000420. The molecular weight excluding hydrogens is 508 g/mol. The van der Waals surface area contributed by atoms with Gasteiger partial charge in [0.2, 0.25) is 0 Å². The van der Waals surface area contributed by atoms with Crippen molar-refractivity contribution in [3.63, 3.8) is 0 Å². The van der Waals surface area contributed by atoms with Gasteiger partial charge in [-0.1, -0.05) is 18.2 Å². The van der Waals surface area contributed by atoms with E-state index in [1.807, 2.05) is 13.0 Å². The zero-order chi connectivity index (χ0) is 20.6. The lowest BCUT2D eigenvalue weighted by molar-refractivity contribution is 0.474. The summed E-state index contributed by atoms with van der Waals surface area (Å²) in [6, 6.07) is 11.1. The van der Waals surface area contributed by atoms with E-state index in [0.717, 1.165) is 11.8 Å². The van der Waals surface area contributed by atoms with Gasteiger partial charge < -0.3 is 15.7 Å². The van der Waals surface area contributed by atoms with E-state index in [0.29, 0.717) is 36.6 Å². The summed E-state index contributed by atoms with van der Waals surface area (Å²) in [5.41, 5.74) is 2.07. The van der Waals surface area contributed by atoms with Crippen molar-refractivity contribution >= 4 is 39.8 Å². The fourth-order valence-corrected chi connectivity index (χ4v) is 3.55. The summed E-state index contributed by atoms with van der Waals surface area (Å²) in [4.78, 5) is 4.45. The van der Waals surface area contributed by atoms with Gasteiger partial charge in [0.25, 0.3) is 0 Å². The molecule has 0 spiro atoms. The van der Waals surface area contributed by atoms with Crippen LogP contribution in [0.2, 0.25) is 0 Å². The minimum absolute atomic E-state index is 0. The highest BCUT2D eigenvalue weighted by atomic mass is 127. The second-order valence-electron chi connectivity index (χ2n) is 6.52. The van der Waals surface area contributed by atoms with Crippen molar-refractivity contribution in [2.75, 3.05) is 19.3 Å². The van der Waals surface area contributed by atoms with E-state index in [9.17, 15) is 17.9 Å². The molecule has 0 unspecified atom stereocenters. The van der Waals surface area contributed by atoms with Crippen LogP contribution in [0.25, 0.3) is 0 Å². The molecule has 6 nitrogen and oxygen atoms in total. The van der Waals surface area contributed by atoms with Crippen LogP contribution < -0.4 is 10.6 Å². The fraction of sp³-hybridized carbons (Fsp3) is 0.350. The van der Waals surface area contributed by atoms with E-state index in [1.54, 1.807) is 18.2 Å². The monoisotopic (exact) mass is 535 g/mol. The molecule has 0 atom stereocenters. The van der Waals surface area contributed by atoms with Crippen molar-refractivity contribution < 1.29 is 17.9 Å². The molecule has 0 amide bonds. The van der Waals surface area contributed by atoms with Gasteiger partial charge in [-0.25, -0.2) is 17.8 Å². The third-order valence-corrected chi connectivity index (χ3v) is 4.79. The van der Waals surface area contributed by atoms with Crippen LogP contribution in [0.5, 0.6) is 5.75 Å². The number of aliphatic imine (C=N–C) groups is 1. The lowest BCUT2D eigenvalue weighted by Gasteiger charge is -2.12. The van der Waals surface area contributed by atoms with Gasteiger partial charge in [0, 0.05) is 19.3 Å². The molecule has 0 radical (unpaired) electrons. The van der Waals surface area contributed by atoms with Gasteiger partial charge in [-0.05, 0) is 54.3 Å². The molecular formula is C20H27FIN3O3S. The second-order valence-corrected chi connectivity index (χ2v) is 8.67.